The van der Waals surface area contributed by atoms with Gasteiger partial charge in [0.15, 0.2) is 5.78 Å². The van der Waals surface area contributed by atoms with Gasteiger partial charge in [0.1, 0.15) is 6.61 Å². The number of Topliss-reactive ketones (excluding diaryl/α,β-unsaturated/α-hetero) is 1. The fourth-order valence-electron chi connectivity index (χ4n) is 2.96. The molecule has 2 amide bonds. The Morgan fingerprint density at radius 3 is 2.15 bits per heavy atom. The van der Waals surface area contributed by atoms with Gasteiger partial charge < -0.3 is 20.2 Å². The van der Waals surface area contributed by atoms with Gasteiger partial charge in [0.05, 0.1) is 0 Å². The Labute approximate surface area is 153 Å². The molecule has 1 aliphatic heterocycles. The van der Waals surface area contributed by atoms with E-state index in [0.29, 0.717) is 18.7 Å². The molecule has 1 fully saturated rings. The fourth-order valence-corrected chi connectivity index (χ4v) is 2.96. The minimum atomic E-state index is -0.478. The Bertz CT molecular complexity index is 764. The molecule has 0 radical (unpaired) electrons. The highest BCUT2D eigenvalue weighted by Gasteiger charge is 2.21. The first-order valence-corrected chi connectivity index (χ1v) is 8.68. The van der Waals surface area contributed by atoms with E-state index in [1.54, 1.807) is 17.0 Å². The Hall–Kier alpha value is -2.86. The number of nitrogens with zero attached hydrogens (tertiary/aromatic N) is 2. The summed E-state index contributed by atoms with van der Waals surface area (Å²) in [5.41, 5.74) is 3.47. The van der Waals surface area contributed by atoms with Crippen molar-refractivity contribution in [3.63, 3.8) is 0 Å². The predicted molar refractivity (Wildman–Crippen MR) is 102 cm³/mol. The van der Waals surface area contributed by atoms with E-state index in [1.165, 1.54) is 0 Å². The third-order valence-corrected chi connectivity index (χ3v) is 4.57. The van der Waals surface area contributed by atoms with Crippen LogP contribution in [0, 0.1) is 6.92 Å². The van der Waals surface area contributed by atoms with E-state index in [4.69, 9.17) is 5.11 Å². The maximum atomic E-state index is 12.4. The van der Waals surface area contributed by atoms with Crippen LogP contribution in [0.1, 0.15) is 15.9 Å². The van der Waals surface area contributed by atoms with Gasteiger partial charge in [0.25, 0.3) is 0 Å². The van der Waals surface area contributed by atoms with Crippen molar-refractivity contribution in [1.29, 1.82) is 0 Å². The van der Waals surface area contributed by atoms with Crippen molar-refractivity contribution >= 4 is 23.2 Å². The zero-order valence-electron chi connectivity index (χ0n) is 14.8. The molecule has 6 heteroatoms. The second-order valence-electron chi connectivity index (χ2n) is 6.40. The summed E-state index contributed by atoms with van der Waals surface area (Å²) in [6.45, 7) is 4.26. The maximum absolute atomic E-state index is 12.4. The lowest BCUT2D eigenvalue weighted by atomic mass is 10.1. The van der Waals surface area contributed by atoms with Crippen molar-refractivity contribution in [2.75, 3.05) is 43.0 Å². The molecule has 1 heterocycles. The maximum Gasteiger partial charge on any atom is 0.321 e. The van der Waals surface area contributed by atoms with Crippen LogP contribution in [-0.2, 0) is 0 Å². The molecule has 136 valence electrons. The largest absolute Gasteiger partial charge is 0.388 e. The van der Waals surface area contributed by atoms with Crippen LogP contribution in [0.2, 0.25) is 0 Å². The number of rotatable bonds is 4. The van der Waals surface area contributed by atoms with E-state index in [0.717, 1.165) is 30.0 Å². The van der Waals surface area contributed by atoms with E-state index in [1.807, 2.05) is 43.3 Å². The molecule has 1 saturated heterocycles. The lowest BCUT2D eigenvalue weighted by molar-refractivity contribution is 0.0903. The Morgan fingerprint density at radius 2 is 1.58 bits per heavy atom. The van der Waals surface area contributed by atoms with Crippen LogP contribution >= 0.6 is 0 Å². The zero-order chi connectivity index (χ0) is 18.5. The van der Waals surface area contributed by atoms with Crippen molar-refractivity contribution in [3.8, 4) is 0 Å². The average Bonchev–Trinajstić information content (AvgIpc) is 2.69. The number of aliphatic hydroxyl groups is 1. The molecule has 0 unspecified atom stereocenters. The van der Waals surface area contributed by atoms with Crippen LogP contribution in [0.15, 0.2) is 48.5 Å². The second-order valence-corrected chi connectivity index (χ2v) is 6.40. The van der Waals surface area contributed by atoms with Crippen LogP contribution in [0.3, 0.4) is 0 Å². The summed E-state index contributed by atoms with van der Waals surface area (Å²) in [6.07, 6.45) is 0. The van der Waals surface area contributed by atoms with Gasteiger partial charge in [-0.25, -0.2) is 4.79 Å². The number of nitrogens with one attached hydrogen (secondary N) is 1. The van der Waals surface area contributed by atoms with E-state index in [2.05, 4.69) is 10.2 Å². The number of hydrogen-bond acceptors (Lipinski definition) is 4. The molecule has 0 spiro atoms. The lowest BCUT2D eigenvalue weighted by Gasteiger charge is -2.36. The van der Waals surface area contributed by atoms with Crippen LogP contribution in [0.25, 0.3) is 0 Å². The summed E-state index contributed by atoms with van der Waals surface area (Å²) in [6, 6.07) is 14.9. The number of aryl methyl sites for hydroxylation is 1. The fraction of sp³-hybridized carbons (Fsp3) is 0.300. The van der Waals surface area contributed by atoms with E-state index in [9.17, 15) is 9.59 Å². The van der Waals surface area contributed by atoms with Crippen molar-refractivity contribution in [2.24, 2.45) is 0 Å². The van der Waals surface area contributed by atoms with Crippen LogP contribution in [0.4, 0.5) is 16.2 Å². The monoisotopic (exact) mass is 353 g/mol. The summed E-state index contributed by atoms with van der Waals surface area (Å²) in [5.74, 6) is -0.283. The number of carbonyl (C=O) groups excluding carboxylic acids is 2. The molecule has 26 heavy (non-hydrogen) atoms. The third-order valence-electron chi connectivity index (χ3n) is 4.57. The number of piperazine rings is 1. The van der Waals surface area contributed by atoms with Gasteiger partial charge in [-0.3, -0.25) is 4.79 Å². The third kappa shape index (κ3) is 4.21. The van der Waals surface area contributed by atoms with Crippen LogP contribution in [0.5, 0.6) is 0 Å². The molecule has 0 bridgehead atoms. The lowest BCUT2D eigenvalue weighted by Crippen LogP contribution is -2.50. The van der Waals surface area contributed by atoms with Gasteiger partial charge in [0.2, 0.25) is 0 Å². The number of carbonyl (C=O) groups is 2. The SMILES string of the molecule is Cc1ccc(NC(=O)N2CCN(c3ccc(C(=O)CO)cc3)CC2)cc1. The summed E-state index contributed by atoms with van der Waals surface area (Å²) in [4.78, 5) is 27.8. The van der Waals surface area contributed by atoms with E-state index < -0.39 is 6.61 Å². The molecule has 3 rings (SSSR count). The minimum Gasteiger partial charge on any atom is -0.388 e. The molecule has 2 aromatic carbocycles. The Morgan fingerprint density at radius 1 is 0.962 bits per heavy atom. The van der Waals surface area contributed by atoms with Crippen LogP contribution < -0.4 is 10.2 Å². The highest BCUT2D eigenvalue weighted by molar-refractivity contribution is 5.97. The van der Waals surface area contributed by atoms with Gasteiger partial charge in [-0.05, 0) is 43.3 Å². The molecular formula is C20H23N3O3. The smallest absolute Gasteiger partial charge is 0.321 e. The molecule has 0 atom stereocenters. The number of aliphatic hydroxyl groups excluding tert-OH is 1. The van der Waals surface area contributed by atoms with Crippen molar-refractivity contribution < 1.29 is 14.7 Å². The highest BCUT2D eigenvalue weighted by atomic mass is 16.3. The predicted octanol–water partition coefficient (Wildman–Crippen LogP) is 2.52. The molecular weight excluding hydrogens is 330 g/mol. The highest BCUT2D eigenvalue weighted by Crippen LogP contribution is 2.18. The standard InChI is InChI=1S/C20H23N3O3/c1-15-2-6-17(7-3-15)21-20(26)23-12-10-22(11-13-23)18-8-4-16(5-9-18)19(25)14-24/h2-9,24H,10-14H2,1H3,(H,21,26). The van der Waals surface area contributed by atoms with E-state index >= 15 is 0 Å². The first kappa shape index (κ1) is 17.9. The van der Waals surface area contributed by atoms with Crippen molar-refractivity contribution in [3.05, 3.63) is 59.7 Å². The normalized spacial score (nSPS) is 14.2. The molecule has 0 saturated carbocycles. The van der Waals surface area contributed by atoms with Gasteiger partial charge in [-0.2, -0.15) is 0 Å². The van der Waals surface area contributed by atoms with Crippen molar-refractivity contribution in [1.82, 2.24) is 4.90 Å². The summed E-state index contributed by atoms with van der Waals surface area (Å²) < 4.78 is 0. The first-order valence-electron chi connectivity index (χ1n) is 8.68. The van der Waals surface area contributed by atoms with Crippen molar-refractivity contribution in [2.45, 2.75) is 6.92 Å². The average molecular weight is 353 g/mol. The van der Waals surface area contributed by atoms with Crippen LogP contribution in [-0.4, -0.2) is 54.6 Å². The number of hydrogen-bond donors (Lipinski definition) is 2. The number of ketones is 1. The molecule has 2 aromatic rings. The zero-order valence-corrected chi connectivity index (χ0v) is 14.8. The van der Waals surface area contributed by atoms with E-state index in [-0.39, 0.29) is 11.8 Å². The Kier molecular flexibility index (Phi) is 5.53. The minimum absolute atomic E-state index is 0.0857. The van der Waals surface area contributed by atoms with Gasteiger partial charge in [-0.15, -0.1) is 0 Å². The summed E-state index contributed by atoms with van der Waals surface area (Å²) in [5, 5.41) is 11.8. The molecule has 1 aliphatic rings. The van der Waals surface area contributed by atoms with Gasteiger partial charge in [-0.1, -0.05) is 17.7 Å². The van der Waals surface area contributed by atoms with Gasteiger partial charge >= 0.3 is 6.03 Å². The first-order chi connectivity index (χ1) is 12.6. The quantitative estimate of drug-likeness (QED) is 0.829. The molecule has 2 N–H and O–H groups in total. The number of urea groups is 1. The second kappa shape index (κ2) is 8.01. The number of benzene rings is 2. The topological polar surface area (TPSA) is 72.9 Å². The molecule has 0 aromatic heterocycles. The number of anilines is 2. The van der Waals surface area contributed by atoms with Gasteiger partial charge in [0, 0.05) is 43.1 Å². The Balaban J connectivity index is 1.54. The molecule has 0 aliphatic carbocycles. The number of amides is 2. The summed E-state index contributed by atoms with van der Waals surface area (Å²) in [7, 11) is 0. The summed E-state index contributed by atoms with van der Waals surface area (Å²) >= 11 is 0. The molecule has 6 nitrogen and oxygen atoms in total.